The molecule has 2 unspecified atom stereocenters. The zero-order valence-corrected chi connectivity index (χ0v) is 11.4. The molecule has 0 aromatic heterocycles. The molecule has 122 valence electrons. The average molecular weight is 314 g/mol. The van der Waals surface area contributed by atoms with Crippen LogP contribution in [0.5, 0.6) is 0 Å². The van der Waals surface area contributed by atoms with Crippen LogP contribution in [0.15, 0.2) is 0 Å². The number of alkyl halides is 3. The summed E-state index contributed by atoms with van der Waals surface area (Å²) in [5.74, 6) is -4.93. The molecule has 0 spiro atoms. The van der Waals surface area contributed by atoms with Gasteiger partial charge in [-0.2, -0.15) is 13.2 Å². The van der Waals surface area contributed by atoms with E-state index in [9.17, 15) is 18.0 Å². The Morgan fingerprint density at radius 1 is 1.10 bits per heavy atom. The number of carbonyl (C=O) groups excluding carboxylic acids is 1. The molecule has 2 rings (SSSR count). The normalized spacial score (nSPS) is 24.2. The summed E-state index contributed by atoms with van der Waals surface area (Å²) in [4.78, 5) is 12.0. The van der Waals surface area contributed by atoms with Crippen molar-refractivity contribution in [3.05, 3.63) is 0 Å². The first-order valence-electron chi connectivity index (χ1n) is 6.65. The summed E-state index contributed by atoms with van der Waals surface area (Å²) in [5.41, 5.74) is 0. The molecule has 0 radical (unpaired) electrons. The van der Waals surface area contributed by atoms with Crippen molar-refractivity contribution in [2.75, 3.05) is 33.0 Å². The highest BCUT2D eigenvalue weighted by molar-refractivity contribution is 5.73. The van der Waals surface area contributed by atoms with E-state index in [0.717, 1.165) is 0 Å². The van der Waals surface area contributed by atoms with Gasteiger partial charge in [0.25, 0.3) is 0 Å². The van der Waals surface area contributed by atoms with Gasteiger partial charge < -0.3 is 23.7 Å². The molecule has 0 saturated carbocycles. The Kier molecular flexibility index (Phi) is 5.42. The van der Waals surface area contributed by atoms with Crippen LogP contribution in [0.2, 0.25) is 0 Å². The molecule has 2 aliphatic heterocycles. The molecular formula is C12H17F3O6. The second-order valence-corrected chi connectivity index (χ2v) is 4.57. The van der Waals surface area contributed by atoms with Crippen molar-refractivity contribution in [2.24, 2.45) is 11.8 Å². The maximum atomic E-state index is 13.4. The summed E-state index contributed by atoms with van der Waals surface area (Å²) in [6.45, 7) is 1.79. The van der Waals surface area contributed by atoms with Crippen molar-refractivity contribution in [3.8, 4) is 0 Å². The maximum absolute atomic E-state index is 13.4. The lowest BCUT2D eigenvalue weighted by Gasteiger charge is -2.32. The Morgan fingerprint density at radius 2 is 1.57 bits per heavy atom. The zero-order chi connectivity index (χ0) is 15.5. The van der Waals surface area contributed by atoms with E-state index in [1.807, 2.05) is 0 Å². The van der Waals surface area contributed by atoms with Crippen LogP contribution in [0, 0.1) is 11.8 Å². The number of esters is 1. The van der Waals surface area contributed by atoms with E-state index in [2.05, 4.69) is 0 Å². The molecule has 0 aromatic rings. The summed E-state index contributed by atoms with van der Waals surface area (Å²) in [7, 11) is 0. The number of ether oxygens (including phenoxy) is 5. The minimum absolute atomic E-state index is 0.0408. The lowest BCUT2D eigenvalue weighted by molar-refractivity contribution is -0.273. The minimum atomic E-state index is -4.72. The van der Waals surface area contributed by atoms with Crippen molar-refractivity contribution in [1.29, 1.82) is 0 Å². The van der Waals surface area contributed by atoms with Crippen molar-refractivity contribution in [2.45, 2.75) is 25.7 Å². The minimum Gasteiger partial charge on any atom is -0.466 e. The highest BCUT2D eigenvalue weighted by atomic mass is 19.4. The van der Waals surface area contributed by atoms with Crippen molar-refractivity contribution in [1.82, 2.24) is 0 Å². The third-order valence-electron chi connectivity index (χ3n) is 3.21. The average Bonchev–Trinajstić information content (AvgIpc) is 3.07. The molecule has 2 saturated heterocycles. The largest absolute Gasteiger partial charge is 0.466 e. The lowest BCUT2D eigenvalue weighted by Crippen LogP contribution is -2.49. The third kappa shape index (κ3) is 3.85. The number of hydrogen-bond acceptors (Lipinski definition) is 6. The molecule has 0 aromatic carbocycles. The van der Waals surface area contributed by atoms with Crippen LogP contribution in [0.4, 0.5) is 13.2 Å². The summed E-state index contributed by atoms with van der Waals surface area (Å²) in [5, 5.41) is 0. The predicted octanol–water partition coefficient (Wildman–Crippen LogP) is 1.09. The first-order valence-corrected chi connectivity index (χ1v) is 6.65. The van der Waals surface area contributed by atoms with Gasteiger partial charge in [-0.1, -0.05) is 0 Å². The fourth-order valence-corrected chi connectivity index (χ4v) is 2.36. The summed E-state index contributed by atoms with van der Waals surface area (Å²) in [6.07, 6.45) is -7.60. The third-order valence-corrected chi connectivity index (χ3v) is 3.21. The van der Waals surface area contributed by atoms with Gasteiger partial charge in [-0.25, -0.2) is 0 Å². The van der Waals surface area contributed by atoms with Crippen molar-refractivity contribution in [3.63, 3.8) is 0 Å². The fraction of sp³-hybridized carbons (Fsp3) is 0.917. The van der Waals surface area contributed by atoms with Crippen LogP contribution in [0.3, 0.4) is 0 Å². The van der Waals surface area contributed by atoms with Crippen molar-refractivity contribution < 1.29 is 41.7 Å². The van der Waals surface area contributed by atoms with Gasteiger partial charge in [-0.05, 0) is 6.92 Å². The van der Waals surface area contributed by atoms with Gasteiger partial charge in [0, 0.05) is 0 Å². The number of hydrogen-bond donors (Lipinski definition) is 0. The van der Waals surface area contributed by atoms with Crippen LogP contribution >= 0.6 is 0 Å². The van der Waals surface area contributed by atoms with Crippen molar-refractivity contribution >= 4 is 5.97 Å². The maximum Gasteiger partial charge on any atom is 0.397 e. The highest BCUT2D eigenvalue weighted by Crippen LogP contribution is 2.41. The monoisotopic (exact) mass is 314 g/mol. The Morgan fingerprint density at radius 3 is 2.00 bits per heavy atom. The second-order valence-electron chi connectivity index (χ2n) is 4.57. The zero-order valence-electron chi connectivity index (χ0n) is 11.4. The number of rotatable bonds is 5. The number of carbonyl (C=O) groups is 1. The Labute approximate surface area is 119 Å². The Bertz CT molecular complexity index is 349. The molecule has 9 heteroatoms. The van der Waals surface area contributed by atoms with E-state index in [1.165, 1.54) is 6.92 Å². The van der Waals surface area contributed by atoms with Gasteiger partial charge in [0.2, 0.25) is 0 Å². The fourth-order valence-electron chi connectivity index (χ4n) is 2.36. The van der Waals surface area contributed by atoms with E-state index in [-0.39, 0.29) is 33.0 Å². The second kappa shape index (κ2) is 6.91. The molecule has 0 amide bonds. The van der Waals surface area contributed by atoms with Gasteiger partial charge in [0.15, 0.2) is 12.6 Å². The van der Waals surface area contributed by atoms with E-state index in [0.29, 0.717) is 0 Å². The molecule has 0 bridgehead atoms. The molecule has 21 heavy (non-hydrogen) atoms. The van der Waals surface area contributed by atoms with Crippen LogP contribution < -0.4 is 0 Å². The smallest absolute Gasteiger partial charge is 0.397 e. The Balaban J connectivity index is 2.26. The lowest BCUT2D eigenvalue weighted by atomic mass is 9.90. The topological polar surface area (TPSA) is 63.2 Å². The molecule has 2 heterocycles. The van der Waals surface area contributed by atoms with Crippen LogP contribution in [0.25, 0.3) is 0 Å². The van der Waals surface area contributed by atoms with Gasteiger partial charge in [0.1, 0.15) is 11.8 Å². The van der Waals surface area contributed by atoms with Gasteiger partial charge in [-0.15, -0.1) is 0 Å². The highest BCUT2D eigenvalue weighted by Gasteiger charge is 2.58. The predicted molar refractivity (Wildman–Crippen MR) is 61.1 cm³/mol. The van der Waals surface area contributed by atoms with E-state index < -0.39 is 36.6 Å². The molecule has 2 fully saturated rings. The first kappa shape index (κ1) is 16.5. The van der Waals surface area contributed by atoms with E-state index >= 15 is 0 Å². The first-order chi connectivity index (χ1) is 9.95. The molecule has 2 aliphatic rings. The van der Waals surface area contributed by atoms with Crippen LogP contribution in [-0.2, 0) is 28.5 Å². The number of halogens is 3. The van der Waals surface area contributed by atoms with Gasteiger partial charge in [0.05, 0.1) is 33.0 Å². The van der Waals surface area contributed by atoms with Gasteiger partial charge >= 0.3 is 12.1 Å². The summed E-state index contributed by atoms with van der Waals surface area (Å²) >= 11 is 0. The molecule has 2 atom stereocenters. The molecular weight excluding hydrogens is 297 g/mol. The van der Waals surface area contributed by atoms with E-state index in [4.69, 9.17) is 23.7 Å². The quantitative estimate of drug-likeness (QED) is 0.708. The van der Waals surface area contributed by atoms with E-state index in [1.54, 1.807) is 0 Å². The molecule has 6 nitrogen and oxygen atoms in total. The standard InChI is InChI=1S/C12H17F3O6/c1-2-17-9(16)7(10-18-3-4-19-10)8(12(13,14)15)11-20-5-6-21-11/h7-8,10-11H,2-6H2,1H3. The molecule has 0 aliphatic carbocycles. The Hall–Kier alpha value is -0.900. The van der Waals surface area contributed by atoms with Crippen LogP contribution in [0.1, 0.15) is 6.92 Å². The summed E-state index contributed by atoms with van der Waals surface area (Å²) in [6, 6.07) is 0. The van der Waals surface area contributed by atoms with Gasteiger partial charge in [-0.3, -0.25) is 4.79 Å². The molecule has 0 N–H and O–H groups in total. The SMILES string of the molecule is CCOC(=O)C(C1OCCO1)C(C1OCCO1)C(F)(F)F. The summed E-state index contributed by atoms with van der Waals surface area (Å²) < 4.78 is 65.0. The van der Waals surface area contributed by atoms with Crippen LogP contribution in [-0.4, -0.2) is 57.8 Å².